The van der Waals surface area contributed by atoms with Crippen molar-refractivity contribution in [3.63, 3.8) is 0 Å². The van der Waals surface area contributed by atoms with Gasteiger partial charge in [0.2, 0.25) is 0 Å². The number of esters is 1. The van der Waals surface area contributed by atoms with Crippen molar-refractivity contribution in [2.45, 2.75) is 19.5 Å². The highest BCUT2D eigenvalue weighted by Crippen LogP contribution is 2.34. The zero-order valence-electron chi connectivity index (χ0n) is 9.76. The number of hydrogen-bond donors (Lipinski definition) is 0. The Bertz CT molecular complexity index is 515. The molecule has 0 spiro atoms. The van der Waals surface area contributed by atoms with Crippen molar-refractivity contribution < 1.29 is 22.7 Å². The first kappa shape index (κ1) is 14.0. The molecule has 1 aromatic rings. The number of rotatable bonds is 2. The van der Waals surface area contributed by atoms with Gasteiger partial charge in [-0.25, -0.2) is 4.79 Å². The first-order valence-electron chi connectivity index (χ1n) is 5.07. The van der Waals surface area contributed by atoms with Crippen LogP contribution in [0.15, 0.2) is 12.1 Å². The third kappa shape index (κ3) is 2.62. The highest BCUT2D eigenvalue weighted by Gasteiger charge is 2.37. The Morgan fingerprint density at radius 2 is 2.06 bits per heavy atom. The van der Waals surface area contributed by atoms with E-state index in [1.807, 2.05) is 0 Å². The number of carbonyl (C=O) groups excluding carboxylic acids is 1. The van der Waals surface area contributed by atoms with Crippen molar-refractivity contribution >= 4 is 5.97 Å². The molecule has 0 aliphatic heterocycles. The predicted molar refractivity (Wildman–Crippen MR) is 56.9 cm³/mol. The molecule has 18 heavy (non-hydrogen) atoms. The highest BCUT2D eigenvalue weighted by molar-refractivity contribution is 5.94. The van der Waals surface area contributed by atoms with Crippen LogP contribution in [0, 0.1) is 11.3 Å². The maximum atomic E-state index is 12.9. The number of carbonyl (C=O) groups is 1. The summed E-state index contributed by atoms with van der Waals surface area (Å²) >= 11 is 0. The molecule has 0 saturated carbocycles. The smallest absolute Gasteiger partial charge is 0.417 e. The number of ether oxygens (including phenoxy) is 1. The van der Waals surface area contributed by atoms with Crippen LogP contribution >= 0.6 is 0 Å². The van der Waals surface area contributed by atoms with Gasteiger partial charge in [0.05, 0.1) is 23.8 Å². The molecule has 0 fully saturated rings. The summed E-state index contributed by atoms with van der Waals surface area (Å²) in [5, 5.41) is 8.85. The van der Waals surface area contributed by atoms with Gasteiger partial charge in [0, 0.05) is 0 Å². The molecular weight excluding hydrogens is 247 g/mol. The van der Waals surface area contributed by atoms with Gasteiger partial charge < -0.3 is 4.74 Å². The number of hydrogen-bond acceptors (Lipinski definition) is 3. The van der Waals surface area contributed by atoms with Crippen molar-refractivity contribution in [3.05, 3.63) is 34.4 Å². The lowest BCUT2D eigenvalue weighted by molar-refractivity contribution is -0.138. The van der Waals surface area contributed by atoms with Crippen molar-refractivity contribution in [2.24, 2.45) is 0 Å². The molecular formula is C12H10F3NO2. The van der Waals surface area contributed by atoms with E-state index in [1.54, 1.807) is 13.0 Å². The number of alkyl halides is 3. The summed E-state index contributed by atoms with van der Waals surface area (Å²) in [6.45, 7) is 1.66. The minimum atomic E-state index is -4.71. The minimum absolute atomic E-state index is 0.325. The van der Waals surface area contributed by atoms with Crippen molar-refractivity contribution in [3.8, 4) is 6.07 Å². The van der Waals surface area contributed by atoms with E-state index in [4.69, 9.17) is 5.26 Å². The average molecular weight is 257 g/mol. The second-order valence-corrected chi connectivity index (χ2v) is 3.52. The topological polar surface area (TPSA) is 50.1 Å². The zero-order chi connectivity index (χ0) is 13.9. The lowest BCUT2D eigenvalue weighted by Gasteiger charge is -2.14. The molecule has 0 aromatic heterocycles. The van der Waals surface area contributed by atoms with E-state index in [-0.39, 0.29) is 5.56 Å². The molecule has 0 heterocycles. The number of nitrogens with zero attached hydrogens (tertiary/aromatic N) is 1. The normalized spacial score (nSPS) is 10.9. The molecule has 0 bridgehead atoms. The summed E-state index contributed by atoms with van der Waals surface area (Å²) in [5.74, 6) is -1.17. The highest BCUT2D eigenvalue weighted by atomic mass is 19.4. The van der Waals surface area contributed by atoms with Crippen molar-refractivity contribution in [1.82, 2.24) is 0 Å². The predicted octanol–water partition coefficient (Wildman–Crippen LogP) is 2.93. The van der Waals surface area contributed by atoms with Gasteiger partial charge in [-0.3, -0.25) is 0 Å². The van der Waals surface area contributed by atoms with Crippen LogP contribution in [0.1, 0.15) is 34.0 Å². The number of nitriles is 1. The standard InChI is InChI=1S/C12H10F3NO2/c1-3-7-4-8(6-16)10(11(17)18-2)9(5-7)12(13,14)15/h4-5H,3H2,1-2H3. The van der Waals surface area contributed by atoms with E-state index >= 15 is 0 Å². The van der Waals surface area contributed by atoms with E-state index < -0.39 is 23.3 Å². The number of benzene rings is 1. The van der Waals surface area contributed by atoms with Gasteiger partial charge in [0.1, 0.15) is 6.07 Å². The molecule has 6 heteroatoms. The summed E-state index contributed by atoms with van der Waals surface area (Å²) in [6, 6.07) is 3.73. The maximum Gasteiger partial charge on any atom is 0.417 e. The Balaban J connectivity index is 3.64. The third-order valence-corrected chi connectivity index (χ3v) is 2.42. The molecule has 1 aromatic carbocycles. The Labute approximate surface area is 102 Å². The summed E-state index contributed by atoms with van der Waals surface area (Å²) in [4.78, 5) is 11.4. The maximum absolute atomic E-state index is 12.9. The average Bonchev–Trinajstić information content (AvgIpc) is 2.34. The van der Waals surface area contributed by atoms with Crippen LogP contribution in [0.2, 0.25) is 0 Å². The Kier molecular flexibility index (Phi) is 3.96. The molecule has 1 rings (SSSR count). The molecule has 0 radical (unpaired) electrons. The van der Waals surface area contributed by atoms with Gasteiger partial charge in [-0.2, -0.15) is 18.4 Å². The van der Waals surface area contributed by atoms with E-state index in [0.29, 0.717) is 12.0 Å². The molecule has 96 valence electrons. The largest absolute Gasteiger partial charge is 0.465 e. The van der Waals surface area contributed by atoms with Crippen LogP contribution in [-0.2, 0) is 17.3 Å². The third-order valence-electron chi connectivity index (χ3n) is 2.42. The molecule has 0 saturated heterocycles. The van der Waals surface area contributed by atoms with E-state index in [1.165, 1.54) is 6.07 Å². The molecule has 0 amide bonds. The van der Waals surface area contributed by atoms with Crippen LogP contribution in [0.25, 0.3) is 0 Å². The van der Waals surface area contributed by atoms with Gasteiger partial charge in [-0.05, 0) is 24.1 Å². The fourth-order valence-corrected chi connectivity index (χ4v) is 1.54. The summed E-state index contributed by atoms with van der Waals surface area (Å²) in [7, 11) is 0.970. The van der Waals surface area contributed by atoms with Gasteiger partial charge in [-0.15, -0.1) is 0 Å². The second-order valence-electron chi connectivity index (χ2n) is 3.52. The summed E-state index contributed by atoms with van der Waals surface area (Å²) in [6.07, 6.45) is -4.38. The minimum Gasteiger partial charge on any atom is -0.465 e. The SMILES string of the molecule is CCc1cc(C#N)c(C(=O)OC)c(C(F)(F)F)c1. The van der Waals surface area contributed by atoms with Crippen LogP contribution in [0.4, 0.5) is 13.2 Å². The molecule has 3 nitrogen and oxygen atoms in total. The Morgan fingerprint density at radius 3 is 2.44 bits per heavy atom. The lowest BCUT2D eigenvalue weighted by Crippen LogP contribution is -2.16. The Hall–Kier alpha value is -2.03. The number of halogens is 3. The van der Waals surface area contributed by atoms with Gasteiger partial charge in [0.15, 0.2) is 0 Å². The van der Waals surface area contributed by atoms with Crippen LogP contribution < -0.4 is 0 Å². The van der Waals surface area contributed by atoms with Gasteiger partial charge in [-0.1, -0.05) is 6.92 Å². The number of methoxy groups -OCH3 is 1. The van der Waals surface area contributed by atoms with Crippen LogP contribution in [0.5, 0.6) is 0 Å². The molecule has 0 N–H and O–H groups in total. The molecule has 0 aliphatic rings. The first-order chi connectivity index (χ1) is 8.35. The lowest BCUT2D eigenvalue weighted by atomic mass is 9.96. The quantitative estimate of drug-likeness (QED) is 0.765. The summed E-state index contributed by atoms with van der Waals surface area (Å²) in [5.41, 5.74) is -1.85. The van der Waals surface area contributed by atoms with E-state index in [2.05, 4.69) is 4.74 Å². The fraction of sp³-hybridized carbons (Fsp3) is 0.333. The van der Waals surface area contributed by atoms with Crippen molar-refractivity contribution in [1.29, 1.82) is 5.26 Å². The van der Waals surface area contributed by atoms with Crippen molar-refractivity contribution in [2.75, 3.05) is 7.11 Å². The van der Waals surface area contributed by atoms with E-state index in [9.17, 15) is 18.0 Å². The molecule has 0 atom stereocenters. The molecule has 0 unspecified atom stereocenters. The van der Waals surface area contributed by atoms with Gasteiger partial charge in [0.25, 0.3) is 0 Å². The van der Waals surface area contributed by atoms with Crippen LogP contribution in [0.3, 0.4) is 0 Å². The zero-order valence-corrected chi connectivity index (χ0v) is 9.76. The second kappa shape index (κ2) is 5.08. The summed E-state index contributed by atoms with van der Waals surface area (Å²) < 4.78 is 42.9. The Morgan fingerprint density at radius 1 is 1.44 bits per heavy atom. The number of aryl methyl sites for hydroxylation is 1. The monoisotopic (exact) mass is 257 g/mol. The fourth-order valence-electron chi connectivity index (χ4n) is 1.54. The van der Waals surface area contributed by atoms with Crippen LogP contribution in [-0.4, -0.2) is 13.1 Å². The first-order valence-corrected chi connectivity index (χ1v) is 5.07. The van der Waals surface area contributed by atoms with Gasteiger partial charge >= 0.3 is 12.1 Å². The molecule has 0 aliphatic carbocycles. The van der Waals surface area contributed by atoms with E-state index in [0.717, 1.165) is 13.2 Å².